The molecule has 1 fully saturated rings. The number of carbonyl (C=O) groups is 1. The SMILES string of the molecule is Cc1cc(C)cc(C(=O)C(C)N2CCCCC2)c1. The van der Waals surface area contributed by atoms with E-state index in [0.29, 0.717) is 0 Å². The maximum absolute atomic E-state index is 12.5. The average molecular weight is 245 g/mol. The fourth-order valence-electron chi connectivity index (χ4n) is 2.83. The van der Waals surface area contributed by atoms with Gasteiger partial charge in [0.05, 0.1) is 6.04 Å². The Morgan fingerprint density at radius 1 is 1.06 bits per heavy atom. The van der Waals surface area contributed by atoms with Gasteiger partial charge in [0, 0.05) is 5.56 Å². The number of hydrogen-bond acceptors (Lipinski definition) is 2. The number of Topliss-reactive ketones (excluding diaryl/α,β-unsaturated/α-hetero) is 1. The van der Waals surface area contributed by atoms with Crippen LogP contribution in [0.5, 0.6) is 0 Å². The lowest BCUT2D eigenvalue weighted by molar-refractivity contribution is 0.0808. The van der Waals surface area contributed by atoms with Gasteiger partial charge < -0.3 is 0 Å². The topological polar surface area (TPSA) is 20.3 Å². The third kappa shape index (κ3) is 2.99. The minimum absolute atomic E-state index is 0.0199. The van der Waals surface area contributed by atoms with Gasteiger partial charge in [-0.3, -0.25) is 9.69 Å². The van der Waals surface area contributed by atoms with Crippen LogP contribution in [-0.4, -0.2) is 29.8 Å². The van der Waals surface area contributed by atoms with Crippen molar-refractivity contribution in [3.05, 3.63) is 34.9 Å². The van der Waals surface area contributed by atoms with Crippen molar-refractivity contribution in [3.63, 3.8) is 0 Å². The van der Waals surface area contributed by atoms with E-state index in [2.05, 4.69) is 24.8 Å². The van der Waals surface area contributed by atoms with Crippen LogP contribution in [-0.2, 0) is 0 Å². The van der Waals surface area contributed by atoms with E-state index < -0.39 is 0 Å². The Kier molecular flexibility index (Phi) is 4.18. The van der Waals surface area contributed by atoms with Crippen LogP contribution in [0.25, 0.3) is 0 Å². The van der Waals surface area contributed by atoms with E-state index in [0.717, 1.165) is 18.7 Å². The predicted octanol–water partition coefficient (Wildman–Crippen LogP) is 3.36. The van der Waals surface area contributed by atoms with Gasteiger partial charge in [-0.2, -0.15) is 0 Å². The highest BCUT2D eigenvalue weighted by atomic mass is 16.1. The maximum atomic E-state index is 12.5. The molecule has 0 N–H and O–H groups in total. The molecule has 1 atom stereocenters. The average Bonchev–Trinajstić information content (AvgIpc) is 2.37. The molecule has 2 heteroatoms. The van der Waals surface area contributed by atoms with Gasteiger partial charge in [0.2, 0.25) is 0 Å². The second-order valence-electron chi connectivity index (χ2n) is 5.51. The summed E-state index contributed by atoms with van der Waals surface area (Å²) in [6.07, 6.45) is 3.76. The van der Waals surface area contributed by atoms with Crippen LogP contribution in [0.1, 0.15) is 47.7 Å². The van der Waals surface area contributed by atoms with Gasteiger partial charge in [0.25, 0.3) is 0 Å². The van der Waals surface area contributed by atoms with Crippen LogP contribution in [0.3, 0.4) is 0 Å². The number of piperidine rings is 1. The molecule has 0 amide bonds. The largest absolute Gasteiger partial charge is 0.294 e. The van der Waals surface area contributed by atoms with Gasteiger partial charge in [0.1, 0.15) is 0 Å². The molecule has 1 aromatic carbocycles. The zero-order chi connectivity index (χ0) is 13.1. The first-order chi connectivity index (χ1) is 8.58. The van der Waals surface area contributed by atoms with E-state index in [4.69, 9.17) is 0 Å². The van der Waals surface area contributed by atoms with E-state index in [1.54, 1.807) is 0 Å². The van der Waals surface area contributed by atoms with Gasteiger partial charge >= 0.3 is 0 Å². The zero-order valence-corrected chi connectivity index (χ0v) is 11.7. The highest BCUT2D eigenvalue weighted by molar-refractivity contribution is 6.00. The maximum Gasteiger partial charge on any atom is 0.179 e. The number of rotatable bonds is 3. The van der Waals surface area contributed by atoms with Crippen LogP contribution in [0, 0.1) is 13.8 Å². The van der Waals surface area contributed by atoms with Crippen molar-refractivity contribution in [2.45, 2.75) is 46.1 Å². The first-order valence-corrected chi connectivity index (χ1v) is 6.94. The molecule has 1 heterocycles. The minimum atomic E-state index is 0.0199. The van der Waals surface area contributed by atoms with Crippen LogP contribution >= 0.6 is 0 Å². The summed E-state index contributed by atoms with van der Waals surface area (Å²) in [5.41, 5.74) is 3.21. The number of nitrogens with zero attached hydrogens (tertiary/aromatic N) is 1. The molecular weight excluding hydrogens is 222 g/mol. The Morgan fingerprint density at radius 3 is 2.17 bits per heavy atom. The first-order valence-electron chi connectivity index (χ1n) is 6.94. The lowest BCUT2D eigenvalue weighted by Gasteiger charge is -2.31. The van der Waals surface area contributed by atoms with Crippen molar-refractivity contribution in [1.29, 1.82) is 0 Å². The Balaban J connectivity index is 2.14. The molecule has 0 bridgehead atoms. The molecule has 1 aromatic rings. The monoisotopic (exact) mass is 245 g/mol. The molecule has 1 unspecified atom stereocenters. The summed E-state index contributed by atoms with van der Waals surface area (Å²) in [5.74, 6) is 0.267. The van der Waals surface area contributed by atoms with Crippen LogP contribution in [0.4, 0.5) is 0 Å². The van der Waals surface area contributed by atoms with Crippen LogP contribution < -0.4 is 0 Å². The molecule has 0 spiro atoms. The third-order valence-electron chi connectivity index (χ3n) is 3.82. The van der Waals surface area contributed by atoms with Crippen LogP contribution in [0.2, 0.25) is 0 Å². The smallest absolute Gasteiger partial charge is 0.179 e. The molecule has 18 heavy (non-hydrogen) atoms. The fourth-order valence-corrected chi connectivity index (χ4v) is 2.83. The highest BCUT2D eigenvalue weighted by Gasteiger charge is 2.23. The summed E-state index contributed by atoms with van der Waals surface area (Å²) in [6.45, 7) is 8.28. The molecule has 0 radical (unpaired) electrons. The number of hydrogen-bond donors (Lipinski definition) is 0. The molecule has 0 saturated carbocycles. The van der Waals surface area contributed by atoms with E-state index in [9.17, 15) is 4.79 Å². The molecule has 1 saturated heterocycles. The Morgan fingerprint density at radius 2 is 1.61 bits per heavy atom. The van der Waals surface area contributed by atoms with E-state index in [1.807, 2.05) is 19.1 Å². The van der Waals surface area contributed by atoms with Gasteiger partial charge in [-0.05, 0) is 58.8 Å². The lowest BCUT2D eigenvalue weighted by atomic mass is 9.98. The summed E-state index contributed by atoms with van der Waals surface area (Å²) >= 11 is 0. The van der Waals surface area contributed by atoms with Gasteiger partial charge in [-0.25, -0.2) is 0 Å². The normalized spacial score (nSPS) is 18.6. The number of ketones is 1. The van der Waals surface area contributed by atoms with Gasteiger partial charge in [-0.15, -0.1) is 0 Å². The third-order valence-corrected chi connectivity index (χ3v) is 3.82. The summed E-state index contributed by atoms with van der Waals surface area (Å²) in [4.78, 5) is 14.8. The van der Waals surface area contributed by atoms with E-state index in [-0.39, 0.29) is 11.8 Å². The zero-order valence-electron chi connectivity index (χ0n) is 11.7. The molecule has 98 valence electrons. The molecule has 0 aromatic heterocycles. The molecule has 2 nitrogen and oxygen atoms in total. The van der Waals surface area contributed by atoms with Crippen molar-refractivity contribution in [1.82, 2.24) is 4.90 Å². The number of aryl methyl sites for hydroxylation is 2. The molecule has 0 aliphatic carbocycles. The number of likely N-dealkylation sites (tertiary alicyclic amines) is 1. The Bertz CT molecular complexity index is 412. The Labute approximate surface area is 110 Å². The molecule has 1 aliphatic rings. The first kappa shape index (κ1) is 13.3. The fraction of sp³-hybridized carbons (Fsp3) is 0.562. The number of benzene rings is 1. The lowest BCUT2D eigenvalue weighted by Crippen LogP contribution is -2.42. The van der Waals surface area contributed by atoms with E-state index in [1.165, 1.54) is 30.4 Å². The molecule has 2 rings (SSSR count). The van der Waals surface area contributed by atoms with Crippen LogP contribution in [0.15, 0.2) is 18.2 Å². The second kappa shape index (κ2) is 5.66. The van der Waals surface area contributed by atoms with Crippen molar-refractivity contribution in [2.75, 3.05) is 13.1 Å². The minimum Gasteiger partial charge on any atom is -0.294 e. The summed E-state index contributed by atoms with van der Waals surface area (Å²) < 4.78 is 0. The quantitative estimate of drug-likeness (QED) is 0.761. The van der Waals surface area contributed by atoms with Crippen molar-refractivity contribution in [3.8, 4) is 0 Å². The van der Waals surface area contributed by atoms with Crippen molar-refractivity contribution >= 4 is 5.78 Å². The Hall–Kier alpha value is -1.15. The second-order valence-corrected chi connectivity index (χ2v) is 5.51. The standard InChI is InChI=1S/C16H23NO/c1-12-9-13(2)11-15(10-12)16(18)14(3)17-7-5-4-6-8-17/h9-11,14H,4-8H2,1-3H3. The van der Waals surface area contributed by atoms with Gasteiger partial charge in [0.15, 0.2) is 5.78 Å². The molecule has 1 aliphatic heterocycles. The van der Waals surface area contributed by atoms with Crippen molar-refractivity contribution in [2.24, 2.45) is 0 Å². The van der Waals surface area contributed by atoms with Crippen molar-refractivity contribution < 1.29 is 4.79 Å². The highest BCUT2D eigenvalue weighted by Crippen LogP contribution is 2.17. The summed E-state index contributed by atoms with van der Waals surface area (Å²) in [6, 6.07) is 6.15. The van der Waals surface area contributed by atoms with E-state index >= 15 is 0 Å². The summed E-state index contributed by atoms with van der Waals surface area (Å²) in [7, 11) is 0. The predicted molar refractivity (Wildman–Crippen MR) is 75.1 cm³/mol. The number of carbonyl (C=O) groups excluding carboxylic acids is 1. The van der Waals surface area contributed by atoms with Gasteiger partial charge in [-0.1, -0.05) is 23.6 Å². The molecular formula is C16H23NO. The summed E-state index contributed by atoms with van der Waals surface area (Å²) in [5, 5.41) is 0.